The van der Waals surface area contributed by atoms with Gasteiger partial charge in [0.25, 0.3) is 0 Å². The Hall–Kier alpha value is 0.950. The van der Waals surface area contributed by atoms with Crippen molar-refractivity contribution in [1.82, 2.24) is 0 Å². The molecule has 0 aliphatic rings. The molecule has 0 bridgehead atoms. The molecular formula is C2H5ClOS2. The molecule has 1 nitrogen and oxygen atoms in total. The van der Waals surface area contributed by atoms with Gasteiger partial charge in [-0.1, -0.05) is 10.8 Å². The normalized spacial score (nSPS) is 9.00. The summed E-state index contributed by atoms with van der Waals surface area (Å²) in [5.41, 5.74) is 0. The van der Waals surface area contributed by atoms with Crippen LogP contribution in [-0.2, 0) is 0 Å². The first-order chi connectivity index (χ1) is 2.91. The van der Waals surface area contributed by atoms with E-state index in [-0.39, 0.29) is 6.61 Å². The average molecular weight is 145 g/mol. The van der Waals surface area contributed by atoms with Crippen molar-refractivity contribution in [3.63, 3.8) is 0 Å². The van der Waals surface area contributed by atoms with Gasteiger partial charge in [0.2, 0.25) is 0 Å². The lowest BCUT2D eigenvalue weighted by Crippen LogP contribution is -1.79. The van der Waals surface area contributed by atoms with Crippen LogP contribution in [0.25, 0.3) is 0 Å². The zero-order valence-electron chi connectivity index (χ0n) is 3.06. The third-order valence-corrected chi connectivity index (χ3v) is 2.23. The van der Waals surface area contributed by atoms with E-state index in [1.807, 2.05) is 0 Å². The van der Waals surface area contributed by atoms with Gasteiger partial charge in [0.1, 0.15) is 0 Å². The summed E-state index contributed by atoms with van der Waals surface area (Å²) in [6.07, 6.45) is 0. The Balaban J connectivity index is 2.34. The van der Waals surface area contributed by atoms with Gasteiger partial charge in [0, 0.05) is 15.8 Å². The van der Waals surface area contributed by atoms with Crippen LogP contribution in [0.4, 0.5) is 0 Å². The second kappa shape index (κ2) is 5.95. The van der Waals surface area contributed by atoms with E-state index < -0.39 is 0 Å². The molecule has 0 heterocycles. The molecule has 6 heavy (non-hydrogen) atoms. The molecular weight excluding hydrogens is 140 g/mol. The SMILES string of the molecule is OCCSSCl. The molecule has 0 unspecified atom stereocenters. The molecule has 0 atom stereocenters. The summed E-state index contributed by atoms with van der Waals surface area (Å²) < 4.78 is 0. The van der Waals surface area contributed by atoms with Crippen molar-refractivity contribution in [1.29, 1.82) is 0 Å². The topological polar surface area (TPSA) is 20.2 Å². The van der Waals surface area contributed by atoms with E-state index in [9.17, 15) is 0 Å². The van der Waals surface area contributed by atoms with Crippen molar-refractivity contribution in [2.75, 3.05) is 12.4 Å². The zero-order valence-corrected chi connectivity index (χ0v) is 5.44. The van der Waals surface area contributed by atoms with Crippen molar-refractivity contribution in [3.05, 3.63) is 0 Å². The highest BCUT2D eigenvalue weighted by Gasteiger charge is 1.78. The fourth-order valence-corrected chi connectivity index (χ4v) is 1.19. The molecule has 0 fully saturated rings. The van der Waals surface area contributed by atoms with Crippen molar-refractivity contribution in [2.24, 2.45) is 0 Å². The highest BCUT2D eigenvalue weighted by atomic mass is 35.7. The molecule has 0 amide bonds. The van der Waals surface area contributed by atoms with E-state index >= 15 is 0 Å². The molecule has 0 saturated carbocycles. The van der Waals surface area contributed by atoms with Crippen LogP contribution < -0.4 is 0 Å². The number of hydrogen-bond donors (Lipinski definition) is 1. The maximum atomic E-state index is 8.10. The monoisotopic (exact) mass is 144 g/mol. The van der Waals surface area contributed by atoms with E-state index in [4.69, 9.17) is 15.8 Å². The van der Waals surface area contributed by atoms with E-state index in [0.29, 0.717) is 5.75 Å². The standard InChI is InChI=1S/C2H5ClOS2/c3-6-5-2-1-4/h4H,1-2H2. The van der Waals surface area contributed by atoms with Crippen LogP contribution in [0.15, 0.2) is 0 Å². The van der Waals surface area contributed by atoms with Gasteiger partial charge in [-0.3, -0.25) is 0 Å². The van der Waals surface area contributed by atoms with E-state index in [0.717, 1.165) is 10.0 Å². The summed E-state index contributed by atoms with van der Waals surface area (Å²) in [5.74, 6) is 0.716. The van der Waals surface area contributed by atoms with Gasteiger partial charge in [0.15, 0.2) is 0 Å². The van der Waals surface area contributed by atoms with Gasteiger partial charge < -0.3 is 5.11 Å². The maximum absolute atomic E-state index is 8.10. The van der Waals surface area contributed by atoms with Crippen LogP contribution in [0.1, 0.15) is 0 Å². The number of rotatable bonds is 3. The maximum Gasteiger partial charge on any atom is 0.0530 e. The van der Waals surface area contributed by atoms with E-state index in [1.165, 1.54) is 10.8 Å². The molecule has 0 rings (SSSR count). The number of aliphatic hydroxyl groups is 1. The van der Waals surface area contributed by atoms with E-state index in [1.54, 1.807) is 0 Å². The minimum Gasteiger partial charge on any atom is -0.395 e. The Bertz CT molecular complexity index is 23.5. The highest BCUT2D eigenvalue weighted by Crippen LogP contribution is 2.23. The summed E-state index contributed by atoms with van der Waals surface area (Å²) in [7, 11) is 7.74. The quantitative estimate of drug-likeness (QED) is 0.479. The highest BCUT2D eigenvalue weighted by molar-refractivity contribution is 8.85. The minimum absolute atomic E-state index is 0.213. The lowest BCUT2D eigenvalue weighted by atomic mass is 10.9. The number of halogens is 1. The van der Waals surface area contributed by atoms with Crippen LogP contribution in [-0.4, -0.2) is 17.5 Å². The summed E-state index contributed by atoms with van der Waals surface area (Å²) in [6, 6.07) is 0. The van der Waals surface area contributed by atoms with Crippen molar-refractivity contribution in [2.45, 2.75) is 0 Å². The van der Waals surface area contributed by atoms with Gasteiger partial charge in [-0.25, -0.2) is 0 Å². The van der Waals surface area contributed by atoms with Gasteiger partial charge in [-0.15, -0.1) is 0 Å². The second-order valence-electron chi connectivity index (χ2n) is 0.609. The zero-order chi connectivity index (χ0) is 4.83. The van der Waals surface area contributed by atoms with E-state index in [2.05, 4.69) is 0 Å². The molecule has 1 N–H and O–H groups in total. The lowest BCUT2D eigenvalue weighted by molar-refractivity contribution is 0.323. The van der Waals surface area contributed by atoms with Gasteiger partial charge >= 0.3 is 0 Å². The summed E-state index contributed by atoms with van der Waals surface area (Å²) in [4.78, 5) is 0. The smallest absolute Gasteiger partial charge is 0.0530 e. The fraction of sp³-hybridized carbons (Fsp3) is 1.00. The molecule has 0 aliphatic carbocycles. The van der Waals surface area contributed by atoms with Crippen molar-refractivity contribution in [3.8, 4) is 0 Å². The molecule has 0 aromatic carbocycles. The molecule has 4 heteroatoms. The van der Waals surface area contributed by atoms with Gasteiger partial charge in [0.05, 0.1) is 6.61 Å². The first-order valence-electron chi connectivity index (χ1n) is 1.43. The molecule has 0 aromatic heterocycles. The Kier molecular flexibility index (Phi) is 6.89. The predicted octanol–water partition coefficient (Wildman–Crippen LogP) is 1.51. The Labute approximate surface area is 49.4 Å². The van der Waals surface area contributed by atoms with Crippen LogP contribution in [0, 0.1) is 0 Å². The van der Waals surface area contributed by atoms with Gasteiger partial charge in [-0.2, -0.15) is 0 Å². The molecule has 0 saturated heterocycles. The average Bonchev–Trinajstić information content (AvgIpc) is 1.61. The molecule has 0 radical (unpaired) electrons. The van der Waals surface area contributed by atoms with Gasteiger partial charge in [-0.05, 0) is 10.7 Å². The third kappa shape index (κ3) is 4.95. The first kappa shape index (κ1) is 6.95. The fourth-order valence-electron chi connectivity index (χ4n) is 0.0688. The molecule has 0 aliphatic heterocycles. The van der Waals surface area contributed by atoms with Crippen LogP contribution in [0.3, 0.4) is 0 Å². The lowest BCUT2D eigenvalue weighted by Gasteiger charge is -1.83. The second-order valence-corrected chi connectivity index (χ2v) is 3.60. The first-order valence-corrected chi connectivity index (χ1v) is 4.57. The minimum atomic E-state index is 0.213. The molecule has 0 aromatic rings. The van der Waals surface area contributed by atoms with Crippen LogP contribution in [0.5, 0.6) is 0 Å². The Morgan fingerprint density at radius 3 is 2.50 bits per heavy atom. The van der Waals surface area contributed by atoms with Crippen molar-refractivity contribution < 1.29 is 5.11 Å². The summed E-state index contributed by atoms with van der Waals surface area (Å²) >= 11 is 0. The predicted molar refractivity (Wildman–Crippen MR) is 33.0 cm³/mol. The van der Waals surface area contributed by atoms with Crippen LogP contribution >= 0.6 is 31.5 Å². The summed E-state index contributed by atoms with van der Waals surface area (Å²) in [6.45, 7) is 0.213. The number of aliphatic hydroxyl groups excluding tert-OH is 1. The number of hydrogen-bond acceptors (Lipinski definition) is 3. The largest absolute Gasteiger partial charge is 0.395 e. The molecule has 38 valence electrons. The third-order valence-electron chi connectivity index (χ3n) is 0.219. The van der Waals surface area contributed by atoms with Crippen LogP contribution in [0.2, 0.25) is 0 Å². The summed E-state index contributed by atoms with van der Waals surface area (Å²) in [5, 5.41) is 8.10. The molecule has 0 spiro atoms. The van der Waals surface area contributed by atoms with Crippen molar-refractivity contribution >= 4 is 31.5 Å². The Morgan fingerprint density at radius 2 is 2.33 bits per heavy atom. The Morgan fingerprint density at radius 1 is 1.67 bits per heavy atom.